The summed E-state index contributed by atoms with van der Waals surface area (Å²) in [6, 6.07) is 5.26. The number of amides is 1. The number of aliphatic carboxylic acids is 1. The van der Waals surface area contributed by atoms with Crippen LogP contribution in [0.3, 0.4) is 0 Å². The number of anilines is 2. The van der Waals surface area contributed by atoms with Gasteiger partial charge in [-0.3, -0.25) is 9.59 Å². The summed E-state index contributed by atoms with van der Waals surface area (Å²) in [4.78, 5) is 24.6. The van der Waals surface area contributed by atoms with Gasteiger partial charge in [0.25, 0.3) is 0 Å². The molecule has 2 rings (SSSR count). The van der Waals surface area contributed by atoms with Gasteiger partial charge in [-0.25, -0.2) is 0 Å². The summed E-state index contributed by atoms with van der Waals surface area (Å²) in [6.07, 6.45) is 0.288. The van der Waals surface area contributed by atoms with Crippen LogP contribution in [0.25, 0.3) is 0 Å². The first-order chi connectivity index (χ1) is 8.31. The smallest absolute Gasteiger partial charge is 0.310 e. The third kappa shape index (κ3) is 2.03. The minimum absolute atomic E-state index is 0.0788. The standard InChI is InChI=1S/C13H16N2O3/c1-13(2,12(17)18)7-15-10-4-3-9(14)5-8(10)6-11(15)16/h3-5H,6-7,14H2,1-2H3,(H,17,18). The first-order valence-corrected chi connectivity index (χ1v) is 5.73. The van der Waals surface area contributed by atoms with E-state index in [9.17, 15) is 9.59 Å². The van der Waals surface area contributed by atoms with Gasteiger partial charge in [0.15, 0.2) is 0 Å². The maximum absolute atomic E-state index is 11.9. The lowest BCUT2D eigenvalue weighted by Gasteiger charge is -2.27. The monoisotopic (exact) mass is 248 g/mol. The number of carboxylic acid groups (broad SMARTS) is 1. The van der Waals surface area contributed by atoms with Crippen LogP contribution >= 0.6 is 0 Å². The van der Waals surface area contributed by atoms with Gasteiger partial charge in [0, 0.05) is 17.9 Å². The van der Waals surface area contributed by atoms with E-state index in [-0.39, 0.29) is 18.9 Å². The number of nitrogens with zero attached hydrogens (tertiary/aromatic N) is 1. The van der Waals surface area contributed by atoms with Crippen molar-refractivity contribution < 1.29 is 14.7 Å². The van der Waals surface area contributed by atoms with Crippen LogP contribution in [0.1, 0.15) is 19.4 Å². The Hall–Kier alpha value is -2.04. The van der Waals surface area contributed by atoms with Crippen molar-refractivity contribution in [2.45, 2.75) is 20.3 Å². The SMILES string of the molecule is CC(C)(CN1C(=O)Cc2cc(N)ccc21)C(=O)O. The molecule has 5 nitrogen and oxygen atoms in total. The average Bonchev–Trinajstić information content (AvgIpc) is 2.54. The van der Waals surface area contributed by atoms with Crippen LogP contribution in [0.15, 0.2) is 18.2 Å². The fourth-order valence-corrected chi connectivity index (χ4v) is 2.04. The van der Waals surface area contributed by atoms with Gasteiger partial charge >= 0.3 is 5.97 Å². The molecule has 1 heterocycles. The zero-order valence-electron chi connectivity index (χ0n) is 10.4. The molecule has 0 aromatic heterocycles. The highest BCUT2D eigenvalue weighted by atomic mass is 16.4. The van der Waals surface area contributed by atoms with Crippen LogP contribution in [-0.2, 0) is 16.0 Å². The second kappa shape index (κ2) is 4.01. The number of benzene rings is 1. The van der Waals surface area contributed by atoms with Crippen molar-refractivity contribution in [3.8, 4) is 0 Å². The fourth-order valence-electron chi connectivity index (χ4n) is 2.04. The van der Waals surface area contributed by atoms with E-state index >= 15 is 0 Å². The van der Waals surface area contributed by atoms with Gasteiger partial charge < -0.3 is 15.7 Å². The van der Waals surface area contributed by atoms with Crippen LogP contribution in [-0.4, -0.2) is 23.5 Å². The van der Waals surface area contributed by atoms with Crippen LogP contribution in [0, 0.1) is 5.41 Å². The van der Waals surface area contributed by atoms with E-state index in [2.05, 4.69) is 0 Å². The molecule has 1 aliphatic rings. The lowest BCUT2D eigenvalue weighted by atomic mass is 9.93. The number of hydrogen-bond acceptors (Lipinski definition) is 3. The summed E-state index contributed by atoms with van der Waals surface area (Å²) in [5, 5.41) is 9.12. The van der Waals surface area contributed by atoms with E-state index in [0.717, 1.165) is 11.3 Å². The summed E-state index contributed by atoms with van der Waals surface area (Å²) in [5.41, 5.74) is 6.94. The lowest BCUT2D eigenvalue weighted by Crippen LogP contribution is -2.40. The van der Waals surface area contributed by atoms with Gasteiger partial charge in [0.05, 0.1) is 11.8 Å². The van der Waals surface area contributed by atoms with Gasteiger partial charge in [-0.2, -0.15) is 0 Å². The molecule has 0 saturated carbocycles. The van der Waals surface area contributed by atoms with Crippen molar-refractivity contribution in [2.75, 3.05) is 17.2 Å². The molecule has 5 heteroatoms. The number of carbonyl (C=O) groups excluding carboxylic acids is 1. The van der Waals surface area contributed by atoms with Crippen molar-refractivity contribution in [3.05, 3.63) is 23.8 Å². The van der Waals surface area contributed by atoms with Crippen molar-refractivity contribution >= 4 is 23.3 Å². The van der Waals surface area contributed by atoms with Crippen molar-refractivity contribution in [1.82, 2.24) is 0 Å². The van der Waals surface area contributed by atoms with Gasteiger partial charge in [-0.15, -0.1) is 0 Å². The Balaban J connectivity index is 2.32. The predicted octanol–water partition coefficient (Wildman–Crippen LogP) is 1.27. The zero-order chi connectivity index (χ0) is 13.5. The summed E-state index contributed by atoms with van der Waals surface area (Å²) >= 11 is 0. The maximum Gasteiger partial charge on any atom is 0.310 e. The van der Waals surface area contributed by atoms with E-state index in [4.69, 9.17) is 10.8 Å². The Labute approximate surface area is 105 Å². The normalized spacial score (nSPS) is 14.8. The summed E-state index contributed by atoms with van der Waals surface area (Å²) < 4.78 is 0. The number of nitrogens with two attached hydrogens (primary N) is 1. The van der Waals surface area contributed by atoms with E-state index in [1.54, 1.807) is 32.0 Å². The molecule has 18 heavy (non-hydrogen) atoms. The van der Waals surface area contributed by atoms with Gasteiger partial charge in [0.1, 0.15) is 0 Å². The van der Waals surface area contributed by atoms with E-state index in [1.165, 1.54) is 4.90 Å². The topological polar surface area (TPSA) is 83.6 Å². The molecule has 0 unspecified atom stereocenters. The number of hydrogen-bond donors (Lipinski definition) is 2. The minimum atomic E-state index is -0.974. The van der Waals surface area contributed by atoms with Crippen LogP contribution in [0.4, 0.5) is 11.4 Å². The first-order valence-electron chi connectivity index (χ1n) is 5.73. The van der Waals surface area contributed by atoms with Gasteiger partial charge in [0.2, 0.25) is 5.91 Å². The molecule has 3 N–H and O–H groups in total. The number of carbonyl (C=O) groups is 2. The fraction of sp³-hybridized carbons (Fsp3) is 0.385. The second-order valence-electron chi connectivity index (χ2n) is 5.23. The zero-order valence-corrected chi connectivity index (χ0v) is 10.4. The third-order valence-corrected chi connectivity index (χ3v) is 3.17. The number of nitrogen functional groups attached to an aromatic ring is 1. The molecule has 0 spiro atoms. The third-order valence-electron chi connectivity index (χ3n) is 3.17. The largest absolute Gasteiger partial charge is 0.481 e. The second-order valence-corrected chi connectivity index (χ2v) is 5.23. The number of fused-ring (bicyclic) bond motifs is 1. The highest BCUT2D eigenvalue weighted by Gasteiger charge is 2.36. The maximum atomic E-state index is 11.9. The Morgan fingerprint density at radius 2 is 2.17 bits per heavy atom. The molecule has 0 radical (unpaired) electrons. The Bertz CT molecular complexity index is 523. The van der Waals surface area contributed by atoms with Crippen molar-refractivity contribution in [2.24, 2.45) is 5.41 Å². The number of rotatable bonds is 3. The molecular weight excluding hydrogens is 232 g/mol. The molecule has 0 atom stereocenters. The lowest BCUT2D eigenvalue weighted by molar-refractivity contribution is -0.146. The molecule has 1 aliphatic heterocycles. The van der Waals surface area contributed by atoms with E-state index < -0.39 is 11.4 Å². The van der Waals surface area contributed by atoms with Crippen molar-refractivity contribution in [3.63, 3.8) is 0 Å². The summed E-state index contributed by atoms with van der Waals surface area (Å²) in [7, 11) is 0. The molecule has 1 aromatic rings. The molecule has 0 saturated heterocycles. The highest BCUT2D eigenvalue weighted by molar-refractivity contribution is 6.02. The Kier molecular flexibility index (Phi) is 2.77. The van der Waals surface area contributed by atoms with Gasteiger partial charge in [-0.1, -0.05) is 0 Å². The number of carboxylic acids is 1. The van der Waals surface area contributed by atoms with Crippen LogP contribution < -0.4 is 10.6 Å². The molecule has 0 bridgehead atoms. The molecule has 0 aliphatic carbocycles. The molecular formula is C13H16N2O3. The molecule has 96 valence electrons. The first kappa shape index (κ1) is 12.4. The molecule has 1 aromatic carbocycles. The van der Waals surface area contributed by atoms with Crippen LogP contribution in [0.2, 0.25) is 0 Å². The summed E-state index contributed by atoms with van der Waals surface area (Å²) in [6.45, 7) is 3.38. The van der Waals surface area contributed by atoms with E-state index in [0.29, 0.717) is 5.69 Å². The van der Waals surface area contributed by atoms with Gasteiger partial charge in [-0.05, 0) is 37.6 Å². The molecule has 1 amide bonds. The Morgan fingerprint density at radius 3 is 2.78 bits per heavy atom. The van der Waals surface area contributed by atoms with Crippen molar-refractivity contribution in [1.29, 1.82) is 0 Å². The van der Waals surface area contributed by atoms with Crippen LogP contribution in [0.5, 0.6) is 0 Å². The molecule has 0 fully saturated rings. The quantitative estimate of drug-likeness (QED) is 0.789. The predicted molar refractivity (Wildman–Crippen MR) is 68.3 cm³/mol. The highest BCUT2D eigenvalue weighted by Crippen LogP contribution is 2.33. The summed E-state index contributed by atoms with van der Waals surface area (Å²) in [5.74, 6) is -0.996. The average molecular weight is 248 g/mol. The minimum Gasteiger partial charge on any atom is -0.481 e. The Morgan fingerprint density at radius 1 is 1.50 bits per heavy atom. The van der Waals surface area contributed by atoms with E-state index in [1.807, 2.05) is 0 Å².